The molecule has 1 fully saturated rings. The van der Waals surface area contributed by atoms with Gasteiger partial charge < -0.3 is 25.0 Å². The predicted molar refractivity (Wildman–Crippen MR) is 107 cm³/mol. The first-order valence-electron chi connectivity index (χ1n) is 9.63. The van der Waals surface area contributed by atoms with Crippen molar-refractivity contribution in [3.63, 3.8) is 0 Å². The number of nitrogens with zero attached hydrogens (tertiary/aromatic N) is 2. The van der Waals surface area contributed by atoms with Crippen LogP contribution < -0.4 is 10.6 Å². The first-order chi connectivity index (χ1) is 13.2. The van der Waals surface area contributed by atoms with E-state index in [0.717, 1.165) is 57.0 Å². The highest BCUT2D eigenvalue weighted by Gasteiger charge is 2.20. The first-order valence-corrected chi connectivity index (χ1v) is 9.63. The number of aliphatic imine (C=N–C) groups is 1. The van der Waals surface area contributed by atoms with Crippen molar-refractivity contribution >= 4 is 5.96 Å². The Balaban J connectivity index is 1.75. The lowest BCUT2D eigenvalue weighted by atomic mass is 10.1. The Morgan fingerprint density at radius 3 is 2.56 bits per heavy atom. The lowest BCUT2D eigenvalue weighted by Crippen LogP contribution is -2.49. The predicted octanol–water partition coefficient (Wildman–Crippen LogP) is 2.18. The van der Waals surface area contributed by atoms with E-state index in [1.165, 1.54) is 12.1 Å². The Labute approximate surface area is 162 Å². The second-order valence-corrected chi connectivity index (χ2v) is 6.84. The monoisotopic (exact) mass is 380 g/mol. The number of methoxy groups -OCH3 is 2. The fraction of sp³-hybridized carbons (Fsp3) is 0.650. The van der Waals surface area contributed by atoms with Crippen molar-refractivity contribution in [2.45, 2.75) is 31.4 Å². The highest BCUT2D eigenvalue weighted by Crippen LogP contribution is 2.16. The number of hydrogen-bond acceptors (Lipinski definition) is 4. The van der Waals surface area contributed by atoms with E-state index < -0.39 is 0 Å². The molecule has 152 valence electrons. The molecule has 2 N–H and O–H groups in total. The second-order valence-electron chi connectivity index (χ2n) is 6.84. The molecule has 1 aromatic rings. The zero-order valence-corrected chi connectivity index (χ0v) is 16.7. The quantitative estimate of drug-likeness (QED) is 0.391. The SMILES string of the molecule is CN=C(NCC(OC)c1ccc(F)cc1)NC1CCN(CCCOC)CC1. The Bertz CT molecular complexity index is 560. The van der Waals surface area contributed by atoms with Gasteiger partial charge in [0.05, 0.1) is 6.10 Å². The number of benzene rings is 1. The lowest BCUT2D eigenvalue weighted by molar-refractivity contribution is 0.106. The van der Waals surface area contributed by atoms with Crippen LogP contribution in [0, 0.1) is 5.82 Å². The van der Waals surface area contributed by atoms with Crippen molar-refractivity contribution in [1.82, 2.24) is 15.5 Å². The number of halogens is 1. The van der Waals surface area contributed by atoms with Gasteiger partial charge in [-0.15, -0.1) is 0 Å². The summed E-state index contributed by atoms with van der Waals surface area (Å²) in [5.41, 5.74) is 0.936. The number of hydrogen-bond donors (Lipinski definition) is 2. The minimum absolute atomic E-state index is 0.160. The average Bonchev–Trinajstić information content (AvgIpc) is 2.70. The van der Waals surface area contributed by atoms with Gasteiger partial charge in [0.1, 0.15) is 5.82 Å². The van der Waals surface area contributed by atoms with Crippen LogP contribution in [-0.2, 0) is 9.47 Å². The van der Waals surface area contributed by atoms with Gasteiger partial charge in [0.2, 0.25) is 0 Å². The third-order valence-corrected chi connectivity index (χ3v) is 4.96. The molecule has 7 heteroatoms. The van der Waals surface area contributed by atoms with Gasteiger partial charge in [0.25, 0.3) is 0 Å². The fourth-order valence-corrected chi connectivity index (χ4v) is 3.33. The topological polar surface area (TPSA) is 58.1 Å². The fourth-order valence-electron chi connectivity index (χ4n) is 3.33. The van der Waals surface area contributed by atoms with Gasteiger partial charge in [-0.25, -0.2) is 4.39 Å². The third-order valence-electron chi connectivity index (χ3n) is 4.96. The van der Waals surface area contributed by atoms with Crippen LogP contribution in [0.3, 0.4) is 0 Å². The second kappa shape index (κ2) is 11.9. The van der Waals surface area contributed by atoms with Crippen molar-refractivity contribution in [2.75, 3.05) is 54.1 Å². The molecule has 0 saturated carbocycles. The molecule has 0 amide bonds. The Morgan fingerprint density at radius 2 is 1.96 bits per heavy atom. The van der Waals surface area contributed by atoms with Crippen molar-refractivity contribution in [2.24, 2.45) is 4.99 Å². The average molecular weight is 381 g/mol. The summed E-state index contributed by atoms with van der Waals surface area (Å²) in [5, 5.41) is 6.83. The Hall–Kier alpha value is -1.70. The Morgan fingerprint density at radius 1 is 1.26 bits per heavy atom. The zero-order valence-electron chi connectivity index (χ0n) is 16.7. The summed E-state index contributed by atoms with van der Waals surface area (Å²) in [6.07, 6.45) is 3.12. The number of ether oxygens (including phenoxy) is 2. The van der Waals surface area contributed by atoms with Crippen LogP contribution in [0.25, 0.3) is 0 Å². The largest absolute Gasteiger partial charge is 0.385 e. The molecule has 0 aromatic heterocycles. The molecular weight excluding hydrogens is 347 g/mol. The molecule has 6 nitrogen and oxygen atoms in total. The number of nitrogens with one attached hydrogen (secondary N) is 2. The molecule has 0 radical (unpaired) electrons. The van der Waals surface area contributed by atoms with Gasteiger partial charge in [0.15, 0.2) is 5.96 Å². The first kappa shape index (κ1) is 21.6. The van der Waals surface area contributed by atoms with Crippen molar-refractivity contribution < 1.29 is 13.9 Å². The van der Waals surface area contributed by atoms with Crippen LogP contribution in [0.15, 0.2) is 29.3 Å². The Kier molecular flexibility index (Phi) is 9.52. The standard InChI is InChI=1S/C20H33FN4O2/c1-22-20(23-15-19(27-3)16-5-7-17(21)8-6-16)24-18-9-12-25(13-10-18)11-4-14-26-2/h5-8,18-19H,4,9-15H2,1-3H3,(H2,22,23,24). The molecule has 27 heavy (non-hydrogen) atoms. The van der Waals surface area contributed by atoms with E-state index in [9.17, 15) is 4.39 Å². The number of likely N-dealkylation sites (tertiary alicyclic amines) is 1. The summed E-state index contributed by atoms with van der Waals surface area (Å²) in [4.78, 5) is 6.81. The maximum Gasteiger partial charge on any atom is 0.191 e. The van der Waals surface area contributed by atoms with E-state index >= 15 is 0 Å². The normalized spacial score (nSPS) is 17.7. The minimum Gasteiger partial charge on any atom is -0.385 e. The summed E-state index contributed by atoms with van der Waals surface area (Å²) in [7, 11) is 5.18. The van der Waals surface area contributed by atoms with E-state index in [-0.39, 0.29) is 11.9 Å². The van der Waals surface area contributed by atoms with Crippen molar-refractivity contribution in [1.29, 1.82) is 0 Å². The third kappa shape index (κ3) is 7.44. The number of piperidine rings is 1. The van der Waals surface area contributed by atoms with E-state index in [1.807, 2.05) is 0 Å². The molecule has 2 rings (SSSR count). The highest BCUT2D eigenvalue weighted by molar-refractivity contribution is 5.80. The van der Waals surface area contributed by atoms with E-state index in [1.54, 1.807) is 33.4 Å². The van der Waals surface area contributed by atoms with Gasteiger partial charge >= 0.3 is 0 Å². The molecule has 1 atom stereocenters. The highest BCUT2D eigenvalue weighted by atomic mass is 19.1. The van der Waals surface area contributed by atoms with Gasteiger partial charge in [-0.1, -0.05) is 12.1 Å². The molecule has 0 spiro atoms. The van der Waals surface area contributed by atoms with Crippen LogP contribution in [0.4, 0.5) is 4.39 Å². The smallest absolute Gasteiger partial charge is 0.191 e. The number of rotatable bonds is 9. The molecular formula is C20H33FN4O2. The molecule has 1 heterocycles. The van der Waals surface area contributed by atoms with Crippen LogP contribution in [-0.4, -0.2) is 71.0 Å². The summed E-state index contributed by atoms with van der Waals surface area (Å²) >= 11 is 0. The molecule has 0 aliphatic carbocycles. The summed E-state index contributed by atoms with van der Waals surface area (Å²) < 4.78 is 23.8. The molecule has 1 saturated heterocycles. The molecule has 0 bridgehead atoms. The summed E-state index contributed by atoms with van der Waals surface area (Å²) in [6, 6.07) is 6.83. The summed E-state index contributed by atoms with van der Waals surface area (Å²) in [6.45, 7) is 4.67. The minimum atomic E-state index is -0.243. The van der Waals surface area contributed by atoms with Crippen molar-refractivity contribution in [3.05, 3.63) is 35.6 Å². The van der Waals surface area contributed by atoms with Crippen LogP contribution >= 0.6 is 0 Å². The maximum atomic E-state index is 13.1. The van der Waals surface area contributed by atoms with E-state index in [0.29, 0.717) is 12.6 Å². The van der Waals surface area contributed by atoms with Crippen LogP contribution in [0.2, 0.25) is 0 Å². The molecule has 1 aliphatic heterocycles. The number of guanidine groups is 1. The maximum absolute atomic E-state index is 13.1. The van der Waals surface area contributed by atoms with Gasteiger partial charge in [-0.3, -0.25) is 4.99 Å². The van der Waals surface area contributed by atoms with Crippen LogP contribution in [0.5, 0.6) is 0 Å². The van der Waals surface area contributed by atoms with Crippen molar-refractivity contribution in [3.8, 4) is 0 Å². The van der Waals surface area contributed by atoms with Gasteiger partial charge in [-0.05, 0) is 37.0 Å². The molecule has 1 unspecified atom stereocenters. The van der Waals surface area contributed by atoms with E-state index in [2.05, 4.69) is 20.5 Å². The molecule has 1 aliphatic rings. The zero-order chi connectivity index (χ0) is 19.5. The van der Waals surface area contributed by atoms with Gasteiger partial charge in [0, 0.05) is 60.1 Å². The van der Waals surface area contributed by atoms with Gasteiger partial charge in [-0.2, -0.15) is 0 Å². The van der Waals surface area contributed by atoms with Crippen LogP contribution in [0.1, 0.15) is 30.9 Å². The lowest BCUT2D eigenvalue weighted by Gasteiger charge is -2.33. The van der Waals surface area contributed by atoms with E-state index in [4.69, 9.17) is 9.47 Å². The summed E-state index contributed by atoms with van der Waals surface area (Å²) in [5.74, 6) is 0.532. The molecule has 1 aromatic carbocycles.